The monoisotopic (exact) mass is 427 g/mol. The molecule has 0 aliphatic carbocycles. The Morgan fingerprint density at radius 2 is 1.80 bits per heavy atom. The van der Waals surface area contributed by atoms with Crippen molar-refractivity contribution in [2.45, 2.75) is 30.7 Å². The molecule has 30 heavy (non-hydrogen) atoms. The van der Waals surface area contributed by atoms with Crippen molar-refractivity contribution < 1.29 is 17.9 Å². The summed E-state index contributed by atoms with van der Waals surface area (Å²) in [4.78, 5) is 12.8. The summed E-state index contributed by atoms with van der Waals surface area (Å²) in [6.07, 6.45) is 0.858. The molecule has 8 heteroatoms. The topological polar surface area (TPSA) is 99.5 Å². The summed E-state index contributed by atoms with van der Waals surface area (Å²) in [5.41, 5.74) is 1.02. The summed E-state index contributed by atoms with van der Waals surface area (Å²) in [7, 11) is -2.18. The average Bonchev–Trinajstić information content (AvgIpc) is 2.78. The zero-order valence-electron chi connectivity index (χ0n) is 17.0. The van der Waals surface area contributed by atoms with E-state index in [0.717, 1.165) is 5.56 Å². The lowest BCUT2D eigenvalue weighted by atomic mass is 9.96. The third-order valence-electron chi connectivity index (χ3n) is 5.41. The molecule has 1 amide bonds. The van der Waals surface area contributed by atoms with Crippen LogP contribution in [0.25, 0.3) is 0 Å². The summed E-state index contributed by atoms with van der Waals surface area (Å²) in [6.45, 7) is 2.38. The summed E-state index contributed by atoms with van der Waals surface area (Å²) in [6, 6.07) is 15.4. The van der Waals surface area contributed by atoms with Gasteiger partial charge < -0.3 is 10.1 Å². The highest BCUT2D eigenvalue weighted by atomic mass is 32.2. The third kappa shape index (κ3) is 4.48. The molecule has 3 rings (SSSR count). The SMILES string of the molecule is COc1ccccc1C(C)NC(=O)C1CCN(S(=O)(=O)c2ccccc2C#N)CC1. The lowest BCUT2D eigenvalue weighted by Gasteiger charge is -2.31. The number of carbonyl (C=O) groups excluding carboxylic acids is 1. The van der Waals surface area contributed by atoms with Gasteiger partial charge in [-0.1, -0.05) is 30.3 Å². The number of carbonyl (C=O) groups is 1. The maximum absolute atomic E-state index is 12.9. The van der Waals surface area contributed by atoms with Gasteiger partial charge in [0, 0.05) is 24.6 Å². The Bertz CT molecular complexity index is 1050. The molecular weight excluding hydrogens is 402 g/mol. The Balaban J connectivity index is 1.64. The number of methoxy groups -OCH3 is 1. The van der Waals surface area contributed by atoms with Crippen LogP contribution in [0.3, 0.4) is 0 Å². The largest absolute Gasteiger partial charge is 0.496 e. The number of ether oxygens (including phenoxy) is 1. The molecule has 0 spiro atoms. The van der Waals surface area contributed by atoms with E-state index in [4.69, 9.17) is 4.74 Å². The van der Waals surface area contributed by atoms with Gasteiger partial charge in [-0.05, 0) is 38.0 Å². The van der Waals surface area contributed by atoms with Crippen molar-refractivity contribution >= 4 is 15.9 Å². The molecule has 1 fully saturated rings. The van der Waals surface area contributed by atoms with Crippen LogP contribution in [-0.4, -0.2) is 38.8 Å². The van der Waals surface area contributed by atoms with E-state index >= 15 is 0 Å². The summed E-state index contributed by atoms with van der Waals surface area (Å²) in [5, 5.41) is 12.2. The van der Waals surface area contributed by atoms with Crippen molar-refractivity contribution in [3.8, 4) is 11.8 Å². The Kier molecular flexibility index (Phi) is 6.75. The second-order valence-electron chi connectivity index (χ2n) is 7.26. The van der Waals surface area contributed by atoms with Gasteiger partial charge in [-0.15, -0.1) is 0 Å². The first-order valence-corrected chi connectivity index (χ1v) is 11.2. The molecule has 1 unspecified atom stereocenters. The third-order valence-corrected chi connectivity index (χ3v) is 7.37. The molecule has 2 aromatic rings. The van der Waals surface area contributed by atoms with Crippen LogP contribution in [0.15, 0.2) is 53.4 Å². The number of nitrogens with zero attached hydrogens (tertiary/aromatic N) is 2. The smallest absolute Gasteiger partial charge is 0.244 e. The fraction of sp³-hybridized carbons (Fsp3) is 0.364. The zero-order chi connectivity index (χ0) is 21.7. The van der Waals surface area contributed by atoms with Crippen LogP contribution in [-0.2, 0) is 14.8 Å². The standard InChI is InChI=1S/C22H25N3O4S/c1-16(19-8-4-5-9-20(19)29-2)24-22(26)17-11-13-25(14-12-17)30(27,28)21-10-6-3-7-18(21)15-23/h3-10,16-17H,11-14H2,1-2H3,(H,24,26). The number of piperidine rings is 1. The quantitative estimate of drug-likeness (QED) is 0.764. The molecule has 0 bridgehead atoms. The van der Waals surface area contributed by atoms with Crippen LogP contribution in [0.1, 0.15) is 36.9 Å². The molecule has 0 saturated carbocycles. The first-order chi connectivity index (χ1) is 14.4. The van der Waals surface area contributed by atoms with Gasteiger partial charge >= 0.3 is 0 Å². The zero-order valence-corrected chi connectivity index (χ0v) is 17.9. The first kappa shape index (κ1) is 21.8. The van der Waals surface area contributed by atoms with E-state index in [1.54, 1.807) is 19.2 Å². The molecule has 1 N–H and O–H groups in total. The summed E-state index contributed by atoms with van der Waals surface area (Å²) < 4.78 is 32.6. The minimum atomic E-state index is -3.77. The maximum atomic E-state index is 12.9. The molecule has 2 aromatic carbocycles. The number of para-hydroxylation sites is 1. The predicted molar refractivity (Wildman–Crippen MR) is 112 cm³/mol. The maximum Gasteiger partial charge on any atom is 0.244 e. The number of benzene rings is 2. The normalized spacial score (nSPS) is 16.4. The van der Waals surface area contributed by atoms with Crippen LogP contribution < -0.4 is 10.1 Å². The Morgan fingerprint density at radius 1 is 1.17 bits per heavy atom. The van der Waals surface area contributed by atoms with E-state index < -0.39 is 10.0 Å². The Hall–Kier alpha value is -2.89. The highest BCUT2D eigenvalue weighted by molar-refractivity contribution is 7.89. The number of amides is 1. The van der Waals surface area contributed by atoms with Crippen LogP contribution in [0.4, 0.5) is 0 Å². The predicted octanol–water partition coefficient (Wildman–Crippen LogP) is 2.84. The van der Waals surface area contributed by atoms with Crippen molar-refractivity contribution in [3.63, 3.8) is 0 Å². The number of hydrogen-bond donors (Lipinski definition) is 1. The van der Waals surface area contributed by atoms with Crippen molar-refractivity contribution in [3.05, 3.63) is 59.7 Å². The van der Waals surface area contributed by atoms with E-state index in [2.05, 4.69) is 5.32 Å². The second kappa shape index (κ2) is 9.28. The molecule has 1 atom stereocenters. The minimum Gasteiger partial charge on any atom is -0.496 e. The van der Waals surface area contributed by atoms with Gasteiger partial charge in [0.15, 0.2) is 0 Å². The number of hydrogen-bond acceptors (Lipinski definition) is 5. The minimum absolute atomic E-state index is 0.0141. The molecular formula is C22H25N3O4S. The van der Waals surface area contributed by atoms with Gasteiger partial charge in [0.25, 0.3) is 0 Å². The van der Waals surface area contributed by atoms with Crippen molar-refractivity contribution in [2.24, 2.45) is 5.92 Å². The van der Waals surface area contributed by atoms with Crippen molar-refractivity contribution in [2.75, 3.05) is 20.2 Å². The van der Waals surface area contributed by atoms with Crippen LogP contribution in [0.5, 0.6) is 5.75 Å². The van der Waals surface area contributed by atoms with E-state index in [0.29, 0.717) is 18.6 Å². The Labute approximate surface area is 177 Å². The first-order valence-electron chi connectivity index (χ1n) is 9.81. The van der Waals surface area contributed by atoms with Crippen LogP contribution in [0.2, 0.25) is 0 Å². The molecule has 1 heterocycles. The van der Waals surface area contributed by atoms with E-state index in [1.165, 1.54) is 16.4 Å². The number of rotatable bonds is 6. The number of sulfonamides is 1. The lowest BCUT2D eigenvalue weighted by molar-refractivity contribution is -0.126. The molecule has 1 aliphatic rings. The van der Waals surface area contributed by atoms with Gasteiger partial charge in [-0.25, -0.2) is 8.42 Å². The van der Waals surface area contributed by atoms with Gasteiger partial charge in [0.05, 0.1) is 23.6 Å². The second-order valence-corrected chi connectivity index (χ2v) is 9.16. The fourth-order valence-corrected chi connectivity index (χ4v) is 5.33. The van der Waals surface area contributed by atoms with Crippen molar-refractivity contribution in [1.82, 2.24) is 9.62 Å². The molecule has 1 saturated heterocycles. The highest BCUT2D eigenvalue weighted by Gasteiger charge is 2.33. The summed E-state index contributed by atoms with van der Waals surface area (Å²) >= 11 is 0. The summed E-state index contributed by atoms with van der Waals surface area (Å²) in [5.74, 6) is 0.352. The number of nitrogens with one attached hydrogen (secondary N) is 1. The van der Waals surface area contributed by atoms with E-state index in [1.807, 2.05) is 37.3 Å². The molecule has 0 radical (unpaired) electrons. The molecule has 0 aromatic heterocycles. The van der Waals surface area contributed by atoms with Gasteiger partial charge in [0.2, 0.25) is 15.9 Å². The van der Waals surface area contributed by atoms with E-state index in [9.17, 15) is 18.5 Å². The number of nitriles is 1. The fourth-order valence-electron chi connectivity index (χ4n) is 3.71. The average molecular weight is 428 g/mol. The molecule has 7 nitrogen and oxygen atoms in total. The lowest BCUT2D eigenvalue weighted by Crippen LogP contribution is -2.43. The Morgan fingerprint density at radius 3 is 2.47 bits per heavy atom. The van der Waals surface area contributed by atoms with Gasteiger partial charge in [-0.3, -0.25) is 4.79 Å². The van der Waals surface area contributed by atoms with Gasteiger partial charge in [0.1, 0.15) is 11.8 Å². The highest BCUT2D eigenvalue weighted by Crippen LogP contribution is 2.28. The van der Waals surface area contributed by atoms with Crippen LogP contribution in [0, 0.1) is 17.2 Å². The van der Waals surface area contributed by atoms with Crippen LogP contribution >= 0.6 is 0 Å². The van der Waals surface area contributed by atoms with Crippen molar-refractivity contribution in [1.29, 1.82) is 5.26 Å². The molecule has 158 valence electrons. The van der Waals surface area contributed by atoms with Gasteiger partial charge in [-0.2, -0.15) is 9.57 Å². The van der Waals surface area contributed by atoms with E-state index in [-0.39, 0.29) is 41.4 Å². The molecule has 1 aliphatic heterocycles.